The maximum Gasteiger partial charge on any atom is 0.339 e. The summed E-state index contributed by atoms with van der Waals surface area (Å²) in [4.78, 5) is 16.1. The molecule has 0 bridgehead atoms. The number of carboxylic acids is 1. The van der Waals surface area contributed by atoms with Crippen LogP contribution in [0.5, 0.6) is 0 Å². The van der Waals surface area contributed by atoms with E-state index in [9.17, 15) is 4.79 Å². The molecule has 15 heavy (non-hydrogen) atoms. The van der Waals surface area contributed by atoms with Gasteiger partial charge in [0, 0.05) is 17.3 Å². The normalized spacial score (nSPS) is 10.5. The van der Waals surface area contributed by atoms with Gasteiger partial charge in [-0.1, -0.05) is 0 Å². The van der Waals surface area contributed by atoms with E-state index in [2.05, 4.69) is 4.98 Å². The molecule has 2 heterocycles. The predicted octanol–water partition coefficient (Wildman–Crippen LogP) is 2.25. The SMILES string of the molecule is Cc1sc(-n2ccnc2)c(C(=O)O)c1C. The maximum absolute atomic E-state index is 11.1. The summed E-state index contributed by atoms with van der Waals surface area (Å²) in [5, 5.41) is 9.85. The summed E-state index contributed by atoms with van der Waals surface area (Å²) in [6.45, 7) is 3.75. The molecule has 0 aliphatic heterocycles. The van der Waals surface area contributed by atoms with Gasteiger partial charge in [-0.25, -0.2) is 9.78 Å². The molecule has 0 aromatic carbocycles. The van der Waals surface area contributed by atoms with Crippen molar-refractivity contribution in [2.24, 2.45) is 0 Å². The molecular weight excluding hydrogens is 212 g/mol. The Balaban J connectivity index is 2.67. The van der Waals surface area contributed by atoms with Crippen LogP contribution in [0.2, 0.25) is 0 Å². The van der Waals surface area contributed by atoms with Crippen molar-refractivity contribution in [3.05, 3.63) is 34.7 Å². The van der Waals surface area contributed by atoms with Crippen LogP contribution in [0.25, 0.3) is 5.00 Å². The van der Waals surface area contributed by atoms with Gasteiger partial charge in [0.05, 0.1) is 11.9 Å². The second kappa shape index (κ2) is 3.51. The van der Waals surface area contributed by atoms with E-state index in [1.54, 1.807) is 23.3 Å². The van der Waals surface area contributed by atoms with E-state index >= 15 is 0 Å². The highest BCUT2D eigenvalue weighted by molar-refractivity contribution is 7.15. The number of aryl methyl sites for hydroxylation is 1. The Hall–Kier alpha value is -1.62. The summed E-state index contributed by atoms with van der Waals surface area (Å²) >= 11 is 1.47. The molecule has 1 N–H and O–H groups in total. The maximum atomic E-state index is 11.1. The molecule has 0 saturated carbocycles. The number of aromatic carboxylic acids is 1. The van der Waals surface area contributed by atoms with E-state index in [0.29, 0.717) is 5.56 Å². The van der Waals surface area contributed by atoms with Gasteiger partial charge >= 0.3 is 5.97 Å². The summed E-state index contributed by atoms with van der Waals surface area (Å²) in [6, 6.07) is 0. The Labute approximate surface area is 90.8 Å². The third-order valence-electron chi connectivity index (χ3n) is 2.32. The third-order valence-corrected chi connectivity index (χ3v) is 3.54. The number of rotatable bonds is 2. The number of aromatic nitrogens is 2. The van der Waals surface area contributed by atoms with Gasteiger partial charge in [0.25, 0.3) is 0 Å². The topological polar surface area (TPSA) is 55.1 Å². The zero-order valence-corrected chi connectivity index (χ0v) is 9.21. The number of carboxylic acid groups (broad SMARTS) is 1. The van der Waals surface area contributed by atoms with Crippen molar-refractivity contribution in [3.63, 3.8) is 0 Å². The van der Waals surface area contributed by atoms with Crippen molar-refractivity contribution in [2.45, 2.75) is 13.8 Å². The molecule has 0 aliphatic rings. The van der Waals surface area contributed by atoms with E-state index in [1.165, 1.54) is 11.3 Å². The Kier molecular flexibility index (Phi) is 2.32. The predicted molar refractivity (Wildman–Crippen MR) is 57.9 cm³/mol. The Morgan fingerprint density at radius 1 is 1.53 bits per heavy atom. The number of imidazole rings is 1. The minimum absolute atomic E-state index is 0.371. The first-order valence-electron chi connectivity index (χ1n) is 4.43. The van der Waals surface area contributed by atoms with Crippen molar-refractivity contribution in [3.8, 4) is 5.00 Å². The molecule has 0 amide bonds. The van der Waals surface area contributed by atoms with Crippen LogP contribution >= 0.6 is 11.3 Å². The van der Waals surface area contributed by atoms with Gasteiger partial charge in [-0.2, -0.15) is 0 Å². The highest BCUT2D eigenvalue weighted by atomic mass is 32.1. The summed E-state index contributed by atoms with van der Waals surface area (Å²) in [5.74, 6) is -0.888. The first-order valence-corrected chi connectivity index (χ1v) is 5.24. The van der Waals surface area contributed by atoms with Gasteiger partial charge in [-0.3, -0.25) is 4.57 Å². The third kappa shape index (κ3) is 1.55. The zero-order valence-electron chi connectivity index (χ0n) is 8.39. The van der Waals surface area contributed by atoms with Crippen LogP contribution in [0, 0.1) is 13.8 Å². The molecule has 2 aromatic heterocycles. The molecule has 2 rings (SSSR count). The molecule has 4 nitrogen and oxygen atoms in total. The van der Waals surface area contributed by atoms with Crippen molar-refractivity contribution in [1.29, 1.82) is 0 Å². The average molecular weight is 222 g/mol. The Morgan fingerprint density at radius 2 is 2.27 bits per heavy atom. The summed E-state index contributed by atoms with van der Waals surface area (Å²) in [5.41, 5.74) is 1.20. The van der Waals surface area contributed by atoms with Crippen LogP contribution in [0.4, 0.5) is 0 Å². The molecule has 5 heteroatoms. The minimum Gasteiger partial charge on any atom is -0.478 e. The number of hydrogen-bond acceptors (Lipinski definition) is 3. The van der Waals surface area contributed by atoms with Gasteiger partial charge < -0.3 is 5.11 Å². The van der Waals surface area contributed by atoms with Gasteiger partial charge in [-0.15, -0.1) is 11.3 Å². The van der Waals surface area contributed by atoms with E-state index < -0.39 is 5.97 Å². The fourth-order valence-electron chi connectivity index (χ4n) is 1.42. The highest BCUT2D eigenvalue weighted by Gasteiger charge is 2.19. The molecule has 78 valence electrons. The molecule has 0 aliphatic carbocycles. The van der Waals surface area contributed by atoms with Crippen LogP contribution in [0.3, 0.4) is 0 Å². The Bertz CT molecular complexity index is 500. The van der Waals surface area contributed by atoms with Gasteiger partial charge in [-0.05, 0) is 19.4 Å². The second-order valence-corrected chi connectivity index (χ2v) is 4.44. The fraction of sp³-hybridized carbons (Fsp3) is 0.200. The van der Waals surface area contributed by atoms with Gasteiger partial charge in [0.1, 0.15) is 5.00 Å². The summed E-state index contributed by atoms with van der Waals surface area (Å²) in [7, 11) is 0. The van der Waals surface area contributed by atoms with E-state index in [-0.39, 0.29) is 0 Å². The molecule has 0 unspecified atom stereocenters. The van der Waals surface area contributed by atoms with Crippen LogP contribution < -0.4 is 0 Å². The standard InChI is InChI=1S/C10H10N2O2S/c1-6-7(2)15-9(8(6)10(13)14)12-4-3-11-5-12/h3-5H,1-2H3,(H,13,14). The quantitative estimate of drug-likeness (QED) is 0.847. The Morgan fingerprint density at radius 3 is 2.80 bits per heavy atom. The van der Waals surface area contributed by atoms with Crippen molar-refractivity contribution >= 4 is 17.3 Å². The van der Waals surface area contributed by atoms with Crippen LogP contribution in [-0.2, 0) is 0 Å². The lowest BCUT2D eigenvalue weighted by molar-refractivity contribution is 0.0696. The average Bonchev–Trinajstić information content (AvgIpc) is 2.75. The number of nitrogens with zero attached hydrogens (tertiary/aromatic N) is 2. The van der Waals surface area contributed by atoms with E-state index in [0.717, 1.165) is 15.4 Å². The molecular formula is C10H10N2O2S. The number of carbonyl (C=O) groups is 1. The lowest BCUT2D eigenvalue weighted by Gasteiger charge is -2.00. The van der Waals surface area contributed by atoms with Crippen LogP contribution in [0.1, 0.15) is 20.8 Å². The van der Waals surface area contributed by atoms with Gasteiger partial charge in [0.2, 0.25) is 0 Å². The minimum atomic E-state index is -0.888. The largest absolute Gasteiger partial charge is 0.478 e. The van der Waals surface area contributed by atoms with Crippen molar-refractivity contribution in [2.75, 3.05) is 0 Å². The van der Waals surface area contributed by atoms with Crippen molar-refractivity contribution < 1.29 is 9.90 Å². The molecule has 0 fully saturated rings. The fourth-order valence-corrected chi connectivity index (χ4v) is 2.52. The molecule has 0 radical (unpaired) electrons. The first kappa shape index (κ1) is 9.92. The number of thiophene rings is 1. The molecule has 0 saturated heterocycles. The number of hydrogen-bond donors (Lipinski definition) is 1. The molecule has 0 atom stereocenters. The van der Waals surface area contributed by atoms with E-state index in [4.69, 9.17) is 5.11 Å². The summed E-state index contributed by atoms with van der Waals surface area (Å²) < 4.78 is 1.73. The smallest absolute Gasteiger partial charge is 0.339 e. The lowest BCUT2D eigenvalue weighted by atomic mass is 10.1. The zero-order chi connectivity index (χ0) is 11.0. The lowest BCUT2D eigenvalue weighted by Crippen LogP contribution is -2.02. The first-order chi connectivity index (χ1) is 7.11. The van der Waals surface area contributed by atoms with Crippen LogP contribution in [0.15, 0.2) is 18.7 Å². The van der Waals surface area contributed by atoms with Crippen LogP contribution in [-0.4, -0.2) is 20.6 Å². The van der Waals surface area contributed by atoms with Gasteiger partial charge in [0.15, 0.2) is 0 Å². The molecule has 0 spiro atoms. The highest BCUT2D eigenvalue weighted by Crippen LogP contribution is 2.30. The molecule has 2 aromatic rings. The second-order valence-electron chi connectivity index (χ2n) is 3.24. The van der Waals surface area contributed by atoms with E-state index in [1.807, 2.05) is 13.8 Å². The summed E-state index contributed by atoms with van der Waals surface area (Å²) in [6.07, 6.45) is 4.99. The monoisotopic (exact) mass is 222 g/mol. The van der Waals surface area contributed by atoms with Crippen molar-refractivity contribution in [1.82, 2.24) is 9.55 Å².